The largest absolute Gasteiger partial charge is 0.481 e. The molecule has 0 N–H and O–H groups in total. The lowest BCUT2D eigenvalue weighted by Gasteiger charge is -2.32. The Balaban J connectivity index is 1.87. The van der Waals surface area contributed by atoms with E-state index in [4.69, 9.17) is 14.2 Å². The monoisotopic (exact) mass is 357 g/mol. The van der Waals surface area contributed by atoms with Crippen LogP contribution in [0, 0.1) is 0 Å². The highest BCUT2D eigenvalue weighted by Gasteiger charge is 2.24. The van der Waals surface area contributed by atoms with Crippen LogP contribution in [0.25, 0.3) is 11.4 Å². The zero-order valence-electron chi connectivity index (χ0n) is 15.3. The van der Waals surface area contributed by atoms with Gasteiger partial charge >= 0.3 is 0 Å². The van der Waals surface area contributed by atoms with Crippen LogP contribution in [0.4, 0.5) is 0 Å². The van der Waals surface area contributed by atoms with Gasteiger partial charge in [-0.25, -0.2) is 0 Å². The predicted molar refractivity (Wildman–Crippen MR) is 96.5 cm³/mol. The summed E-state index contributed by atoms with van der Waals surface area (Å²) >= 11 is 0. The Morgan fingerprint density at radius 3 is 2.50 bits per heavy atom. The van der Waals surface area contributed by atoms with E-state index in [2.05, 4.69) is 9.97 Å². The zero-order chi connectivity index (χ0) is 18.5. The Labute approximate surface area is 152 Å². The molecule has 1 unspecified atom stereocenters. The summed E-state index contributed by atoms with van der Waals surface area (Å²) in [6.45, 7) is 1.36. The molecule has 3 rings (SSSR count). The average molecular weight is 357 g/mol. The fourth-order valence-electron chi connectivity index (χ4n) is 3.03. The number of aromatic nitrogens is 2. The normalized spacial score (nSPS) is 17.0. The van der Waals surface area contributed by atoms with Crippen LogP contribution in [-0.4, -0.2) is 61.3 Å². The van der Waals surface area contributed by atoms with Crippen molar-refractivity contribution in [3.05, 3.63) is 35.9 Å². The molecule has 2 aromatic rings. The summed E-state index contributed by atoms with van der Waals surface area (Å²) in [4.78, 5) is 23.4. The summed E-state index contributed by atoms with van der Waals surface area (Å²) in [6.07, 6.45) is 2.03. The van der Waals surface area contributed by atoms with E-state index in [0.717, 1.165) is 24.9 Å². The van der Waals surface area contributed by atoms with Gasteiger partial charge in [0.15, 0.2) is 5.82 Å². The number of hydrogen-bond donors (Lipinski definition) is 0. The molecule has 7 heteroatoms. The van der Waals surface area contributed by atoms with Crippen molar-refractivity contribution in [1.82, 2.24) is 14.9 Å². The van der Waals surface area contributed by atoms with Gasteiger partial charge in [0.05, 0.1) is 26.4 Å². The number of likely N-dealkylation sites (tertiary alicyclic amines) is 1. The van der Waals surface area contributed by atoms with Gasteiger partial charge in [0.1, 0.15) is 0 Å². The number of ether oxygens (including phenoxy) is 3. The third kappa shape index (κ3) is 3.94. The third-order valence-electron chi connectivity index (χ3n) is 4.46. The van der Waals surface area contributed by atoms with Gasteiger partial charge in [-0.2, -0.15) is 9.97 Å². The molecule has 1 aromatic carbocycles. The fourth-order valence-corrected chi connectivity index (χ4v) is 3.03. The molecule has 0 saturated carbocycles. The molecule has 26 heavy (non-hydrogen) atoms. The summed E-state index contributed by atoms with van der Waals surface area (Å²) < 4.78 is 15.8. The van der Waals surface area contributed by atoms with Crippen molar-refractivity contribution in [2.45, 2.75) is 18.9 Å². The molecule has 0 spiro atoms. The molecule has 1 aliphatic heterocycles. The quantitative estimate of drug-likeness (QED) is 0.818. The first-order chi connectivity index (χ1) is 12.6. The molecule has 1 amide bonds. The van der Waals surface area contributed by atoms with E-state index in [0.29, 0.717) is 29.7 Å². The summed E-state index contributed by atoms with van der Waals surface area (Å²) in [6, 6.07) is 8.90. The maximum atomic E-state index is 12.9. The van der Waals surface area contributed by atoms with Gasteiger partial charge < -0.3 is 19.1 Å². The lowest BCUT2D eigenvalue weighted by molar-refractivity contribution is 0.0269. The van der Waals surface area contributed by atoms with E-state index in [-0.39, 0.29) is 12.0 Å². The van der Waals surface area contributed by atoms with Gasteiger partial charge in [-0.3, -0.25) is 4.79 Å². The number of carbonyl (C=O) groups excluding carboxylic acids is 1. The molecule has 0 bridgehead atoms. The van der Waals surface area contributed by atoms with Gasteiger partial charge in [-0.15, -0.1) is 0 Å². The van der Waals surface area contributed by atoms with E-state index in [1.807, 2.05) is 17.0 Å². The van der Waals surface area contributed by atoms with Crippen molar-refractivity contribution < 1.29 is 19.0 Å². The summed E-state index contributed by atoms with van der Waals surface area (Å²) in [7, 11) is 4.76. The highest BCUT2D eigenvalue weighted by molar-refractivity contribution is 5.95. The van der Waals surface area contributed by atoms with Crippen molar-refractivity contribution >= 4 is 5.91 Å². The van der Waals surface area contributed by atoms with Gasteiger partial charge in [0.2, 0.25) is 11.8 Å². The smallest absolute Gasteiger partial charge is 0.253 e. The van der Waals surface area contributed by atoms with Crippen LogP contribution in [0.3, 0.4) is 0 Å². The van der Waals surface area contributed by atoms with Crippen LogP contribution in [0.15, 0.2) is 30.3 Å². The van der Waals surface area contributed by atoms with E-state index in [9.17, 15) is 4.79 Å². The van der Waals surface area contributed by atoms with Crippen molar-refractivity contribution in [2.24, 2.45) is 0 Å². The molecule has 1 aromatic heterocycles. The van der Waals surface area contributed by atoms with Crippen LogP contribution in [-0.2, 0) is 4.74 Å². The van der Waals surface area contributed by atoms with Gasteiger partial charge in [0.25, 0.3) is 5.91 Å². The molecule has 1 aliphatic rings. The second-order valence-corrected chi connectivity index (χ2v) is 6.11. The Hall–Kier alpha value is -2.67. The van der Waals surface area contributed by atoms with Crippen LogP contribution >= 0.6 is 0 Å². The minimum atomic E-state index is -0.0107. The van der Waals surface area contributed by atoms with E-state index in [1.54, 1.807) is 25.3 Å². The predicted octanol–water partition coefficient (Wildman–Crippen LogP) is 2.41. The highest BCUT2D eigenvalue weighted by atomic mass is 16.5. The standard InChI is InChI=1S/C19H23N3O4/c1-24-15-8-5-9-22(12-15)19(23)14-7-4-6-13(10-14)18-20-16(25-2)11-17(21-18)26-3/h4,6-7,10-11,15H,5,8-9,12H2,1-3H3. The minimum absolute atomic E-state index is 0.0107. The van der Waals surface area contributed by atoms with Crippen LogP contribution in [0.5, 0.6) is 11.8 Å². The number of carbonyl (C=O) groups is 1. The number of piperidine rings is 1. The highest BCUT2D eigenvalue weighted by Crippen LogP contribution is 2.24. The van der Waals surface area contributed by atoms with Crippen LogP contribution in [0.2, 0.25) is 0 Å². The molecule has 0 radical (unpaired) electrons. The first-order valence-electron chi connectivity index (χ1n) is 8.54. The molecular formula is C19H23N3O4. The maximum absolute atomic E-state index is 12.9. The first kappa shape index (κ1) is 18.1. The van der Waals surface area contributed by atoms with Gasteiger partial charge in [-0.05, 0) is 25.0 Å². The Morgan fingerprint density at radius 2 is 1.85 bits per heavy atom. The number of nitrogens with zero attached hydrogens (tertiary/aromatic N) is 3. The van der Waals surface area contributed by atoms with Crippen molar-refractivity contribution in [1.29, 1.82) is 0 Å². The Morgan fingerprint density at radius 1 is 1.12 bits per heavy atom. The lowest BCUT2D eigenvalue weighted by atomic mass is 10.0. The molecule has 1 saturated heterocycles. The molecule has 138 valence electrons. The molecule has 0 aliphatic carbocycles. The van der Waals surface area contributed by atoms with Crippen LogP contribution < -0.4 is 9.47 Å². The summed E-state index contributed by atoms with van der Waals surface area (Å²) in [5.74, 6) is 1.25. The number of benzene rings is 1. The minimum Gasteiger partial charge on any atom is -0.481 e. The lowest BCUT2D eigenvalue weighted by Crippen LogP contribution is -2.42. The summed E-state index contributed by atoms with van der Waals surface area (Å²) in [5.41, 5.74) is 1.33. The Kier molecular flexibility index (Phi) is 5.68. The number of rotatable bonds is 5. The zero-order valence-corrected chi connectivity index (χ0v) is 15.3. The second-order valence-electron chi connectivity index (χ2n) is 6.11. The van der Waals surface area contributed by atoms with Gasteiger partial charge in [-0.1, -0.05) is 12.1 Å². The van der Waals surface area contributed by atoms with E-state index in [1.165, 1.54) is 14.2 Å². The van der Waals surface area contributed by atoms with Crippen molar-refractivity contribution in [3.63, 3.8) is 0 Å². The van der Waals surface area contributed by atoms with E-state index >= 15 is 0 Å². The SMILES string of the molecule is COc1cc(OC)nc(-c2cccc(C(=O)N3CCCC(OC)C3)c2)n1. The van der Waals surface area contributed by atoms with Crippen LogP contribution in [0.1, 0.15) is 23.2 Å². The van der Waals surface area contributed by atoms with Crippen molar-refractivity contribution in [2.75, 3.05) is 34.4 Å². The third-order valence-corrected chi connectivity index (χ3v) is 4.46. The topological polar surface area (TPSA) is 73.8 Å². The number of amides is 1. The average Bonchev–Trinajstić information content (AvgIpc) is 2.72. The molecule has 2 heterocycles. The fraction of sp³-hybridized carbons (Fsp3) is 0.421. The molecular weight excluding hydrogens is 334 g/mol. The van der Waals surface area contributed by atoms with E-state index < -0.39 is 0 Å². The second kappa shape index (κ2) is 8.14. The van der Waals surface area contributed by atoms with Crippen molar-refractivity contribution in [3.8, 4) is 23.1 Å². The molecule has 7 nitrogen and oxygen atoms in total. The van der Waals surface area contributed by atoms with Gasteiger partial charge in [0, 0.05) is 31.3 Å². The maximum Gasteiger partial charge on any atom is 0.253 e. The first-order valence-corrected chi connectivity index (χ1v) is 8.54. The molecule has 1 fully saturated rings. The Bertz CT molecular complexity index is 759. The number of hydrogen-bond acceptors (Lipinski definition) is 6. The summed E-state index contributed by atoms with van der Waals surface area (Å²) in [5, 5.41) is 0. The molecule has 1 atom stereocenters. The number of methoxy groups -OCH3 is 3.